The van der Waals surface area contributed by atoms with E-state index >= 15 is 0 Å². The maximum Gasteiger partial charge on any atom is 0.472 e. The van der Waals surface area contributed by atoms with E-state index in [-0.39, 0.29) is 6.42 Å². The molecule has 9 N–H and O–H groups in total. The number of carbonyl (C=O) groups excluding carboxylic acids is 1. The fourth-order valence-electron chi connectivity index (χ4n) is 6.08. The molecule has 0 aromatic heterocycles. The van der Waals surface area contributed by atoms with E-state index in [9.17, 15) is 50.0 Å². The average Bonchev–Trinajstić information content (AvgIpc) is 3.12. The lowest BCUT2D eigenvalue weighted by Gasteiger charge is -2.41. The molecule has 0 bridgehead atoms. The molecule has 0 saturated heterocycles. The van der Waals surface area contributed by atoms with Crippen LogP contribution in [-0.4, -0.2) is 108 Å². The zero-order valence-electron chi connectivity index (χ0n) is 32.2. The van der Waals surface area contributed by atoms with Gasteiger partial charge in [-0.2, -0.15) is 0 Å². The highest BCUT2D eigenvalue weighted by Crippen LogP contribution is 2.47. The van der Waals surface area contributed by atoms with Crippen LogP contribution in [-0.2, 0) is 18.4 Å². The lowest BCUT2D eigenvalue weighted by atomic mass is 9.85. The summed E-state index contributed by atoms with van der Waals surface area (Å²) in [6.45, 7) is 3.56. The van der Waals surface area contributed by atoms with Crippen LogP contribution in [0.4, 0.5) is 0 Å². The van der Waals surface area contributed by atoms with E-state index in [1.54, 1.807) is 6.08 Å². The van der Waals surface area contributed by atoms with Gasteiger partial charge in [-0.3, -0.25) is 13.8 Å². The molecule has 14 heteroatoms. The van der Waals surface area contributed by atoms with Crippen molar-refractivity contribution in [3.05, 3.63) is 36.5 Å². The number of rotatable bonds is 31. The van der Waals surface area contributed by atoms with Gasteiger partial charge in [0.2, 0.25) is 5.91 Å². The molecular weight excluding hydrogens is 705 g/mol. The maximum absolute atomic E-state index is 12.9. The Morgan fingerprint density at radius 3 is 1.74 bits per heavy atom. The molecule has 0 heterocycles. The minimum absolute atomic E-state index is 0.264. The Bertz CT molecular complexity index is 1060. The van der Waals surface area contributed by atoms with Crippen LogP contribution in [0.25, 0.3) is 0 Å². The van der Waals surface area contributed by atoms with Gasteiger partial charge in [0, 0.05) is 0 Å². The molecule has 8 atom stereocenters. The summed E-state index contributed by atoms with van der Waals surface area (Å²) in [4.78, 5) is 23.2. The number of aliphatic hydroxyl groups is 7. The molecule has 0 radical (unpaired) electrons. The first kappa shape index (κ1) is 49.5. The van der Waals surface area contributed by atoms with Crippen molar-refractivity contribution in [3.63, 3.8) is 0 Å². The van der Waals surface area contributed by atoms with Crippen LogP contribution in [0.3, 0.4) is 0 Å². The quantitative estimate of drug-likeness (QED) is 0.0257. The first-order chi connectivity index (χ1) is 25.3. The van der Waals surface area contributed by atoms with Gasteiger partial charge in [0.1, 0.15) is 36.6 Å². The Labute approximate surface area is 317 Å². The van der Waals surface area contributed by atoms with Crippen molar-refractivity contribution in [1.82, 2.24) is 5.32 Å². The van der Waals surface area contributed by atoms with Crippen molar-refractivity contribution in [2.45, 2.75) is 197 Å². The normalized spacial score (nSPS) is 25.2. The number of carbonyl (C=O) groups is 1. The highest BCUT2D eigenvalue weighted by Gasteiger charge is 2.51. The molecule has 1 saturated carbocycles. The number of phosphoric ester groups is 1. The van der Waals surface area contributed by atoms with Crippen molar-refractivity contribution in [3.8, 4) is 0 Å². The monoisotopic (exact) mass is 777 g/mol. The van der Waals surface area contributed by atoms with Gasteiger partial charge >= 0.3 is 7.82 Å². The molecule has 0 spiro atoms. The molecule has 1 aliphatic rings. The first-order valence-electron chi connectivity index (χ1n) is 20.0. The number of phosphoric acid groups is 1. The number of hydrogen-bond acceptors (Lipinski definition) is 11. The van der Waals surface area contributed by atoms with E-state index in [0.717, 1.165) is 51.4 Å². The number of aliphatic hydroxyl groups excluding tert-OH is 7. The summed E-state index contributed by atoms with van der Waals surface area (Å²) in [6.07, 6.45) is 17.3. The van der Waals surface area contributed by atoms with Gasteiger partial charge in [-0.05, 0) is 51.4 Å². The van der Waals surface area contributed by atoms with E-state index in [0.29, 0.717) is 12.8 Å². The van der Waals surface area contributed by atoms with E-state index in [1.165, 1.54) is 63.9 Å². The zero-order chi connectivity index (χ0) is 39.5. The summed E-state index contributed by atoms with van der Waals surface area (Å²) in [5.74, 6) is -0.618. The number of amides is 1. The Morgan fingerprint density at radius 1 is 0.660 bits per heavy atom. The zero-order valence-corrected chi connectivity index (χ0v) is 33.1. The molecule has 13 nitrogen and oxygen atoms in total. The highest BCUT2D eigenvalue weighted by atomic mass is 31.2. The molecule has 0 aromatic carbocycles. The summed E-state index contributed by atoms with van der Waals surface area (Å²) in [7, 11) is -5.14. The molecule has 1 amide bonds. The minimum atomic E-state index is -5.14. The molecule has 0 aliphatic heterocycles. The second kappa shape index (κ2) is 29.8. The Hall–Kier alpha value is -1.48. The molecule has 1 rings (SSSR count). The second-order valence-corrected chi connectivity index (χ2v) is 15.7. The molecule has 8 unspecified atom stereocenters. The van der Waals surface area contributed by atoms with Gasteiger partial charge in [0.25, 0.3) is 0 Å². The van der Waals surface area contributed by atoms with Crippen molar-refractivity contribution in [2.75, 3.05) is 6.61 Å². The largest absolute Gasteiger partial charge is 0.472 e. The van der Waals surface area contributed by atoms with Gasteiger partial charge < -0.3 is 46.0 Å². The average molecular weight is 778 g/mol. The van der Waals surface area contributed by atoms with Crippen LogP contribution in [0, 0.1) is 0 Å². The van der Waals surface area contributed by atoms with Crippen molar-refractivity contribution in [1.29, 1.82) is 0 Å². The third-order valence-electron chi connectivity index (χ3n) is 9.43. The van der Waals surface area contributed by atoms with Gasteiger partial charge in [0.05, 0.1) is 31.3 Å². The van der Waals surface area contributed by atoms with Crippen LogP contribution >= 0.6 is 7.82 Å². The summed E-state index contributed by atoms with van der Waals surface area (Å²) in [6, 6.07) is -1.26. The summed E-state index contributed by atoms with van der Waals surface area (Å²) < 4.78 is 22.6. The summed E-state index contributed by atoms with van der Waals surface area (Å²) in [5, 5.41) is 73.8. The number of unbranched alkanes of at least 4 members (excludes halogenated alkanes) is 14. The summed E-state index contributed by atoms with van der Waals surface area (Å²) in [5.41, 5.74) is 0. The SMILES string of the molecule is CCC/C=C/CC/C=C/C(O)C(COP(=O)(O)OC1C(O)C(O)C(O)C(O)C1O)NC(=O)CC(O)CCCCC/C=C\CCCCCCCCCCC. The Morgan fingerprint density at radius 2 is 1.15 bits per heavy atom. The number of nitrogens with one attached hydrogen (secondary N) is 1. The maximum atomic E-state index is 12.9. The smallest absolute Gasteiger partial charge is 0.393 e. The topological polar surface area (TPSA) is 226 Å². The molecule has 53 heavy (non-hydrogen) atoms. The van der Waals surface area contributed by atoms with Crippen LogP contribution in [0.5, 0.6) is 0 Å². The van der Waals surface area contributed by atoms with E-state index < -0.39 is 75.2 Å². The fraction of sp³-hybridized carbons (Fsp3) is 0.821. The number of hydrogen-bond donors (Lipinski definition) is 9. The van der Waals surface area contributed by atoms with Gasteiger partial charge in [-0.15, -0.1) is 0 Å². The highest BCUT2D eigenvalue weighted by molar-refractivity contribution is 7.47. The van der Waals surface area contributed by atoms with Gasteiger partial charge in [-0.1, -0.05) is 121 Å². The second-order valence-electron chi connectivity index (χ2n) is 14.3. The van der Waals surface area contributed by atoms with Crippen molar-refractivity contribution in [2.24, 2.45) is 0 Å². The van der Waals surface area contributed by atoms with Gasteiger partial charge in [0.15, 0.2) is 0 Å². The fourth-order valence-corrected chi connectivity index (χ4v) is 7.05. The Kier molecular flexibility index (Phi) is 27.8. The molecular formula is C39H72NO12P. The molecule has 0 aromatic rings. The lowest BCUT2D eigenvalue weighted by molar-refractivity contribution is -0.220. The summed E-state index contributed by atoms with van der Waals surface area (Å²) >= 11 is 0. The predicted molar refractivity (Wildman–Crippen MR) is 206 cm³/mol. The van der Waals surface area contributed by atoms with E-state index in [1.807, 2.05) is 6.08 Å². The first-order valence-corrected chi connectivity index (χ1v) is 21.5. The van der Waals surface area contributed by atoms with E-state index in [4.69, 9.17) is 9.05 Å². The van der Waals surface area contributed by atoms with Gasteiger partial charge in [-0.25, -0.2) is 4.57 Å². The standard InChI is InChI=1S/C39H72NO12P/c1-3-5-7-9-11-12-13-14-15-16-17-18-19-21-22-24-26-30(41)28-33(43)40-31(32(42)27-25-23-20-10-8-6-4-2)29-51-53(49,50)52-39-37(47)35(45)34(44)36(46)38(39)48/h8,10,17-18,25,27,30-32,34-39,41-42,44-48H,3-7,9,11-16,19-24,26,28-29H2,1-2H3,(H,40,43)(H,49,50)/b10-8+,18-17-,27-25+. The van der Waals surface area contributed by atoms with Crippen molar-refractivity contribution < 1.29 is 59.0 Å². The molecule has 1 fully saturated rings. The minimum Gasteiger partial charge on any atom is -0.393 e. The van der Waals surface area contributed by atoms with Crippen LogP contribution < -0.4 is 5.32 Å². The third kappa shape index (κ3) is 22.6. The number of allylic oxidation sites excluding steroid dienone is 5. The third-order valence-corrected chi connectivity index (χ3v) is 10.4. The van der Waals surface area contributed by atoms with E-state index in [2.05, 4.69) is 37.4 Å². The van der Waals surface area contributed by atoms with Crippen LogP contribution in [0.2, 0.25) is 0 Å². The van der Waals surface area contributed by atoms with Crippen LogP contribution in [0.15, 0.2) is 36.5 Å². The van der Waals surface area contributed by atoms with Crippen molar-refractivity contribution >= 4 is 13.7 Å². The predicted octanol–water partition coefficient (Wildman–Crippen LogP) is 5.02. The van der Waals surface area contributed by atoms with Crippen LogP contribution in [0.1, 0.15) is 142 Å². The molecule has 1 aliphatic carbocycles. The molecule has 310 valence electrons. The Balaban J connectivity index is 2.55. The lowest BCUT2D eigenvalue weighted by Crippen LogP contribution is -2.64.